The molecule has 0 saturated heterocycles. The molecule has 178 valence electrons. The minimum Gasteiger partial charge on any atom is -0.299 e. The maximum atomic E-state index is 12.9. The first kappa shape index (κ1) is 22.8. The molecule has 0 radical (unpaired) electrons. The number of Topliss-reactive ketones (excluding diaryl/α,β-unsaturated/α-hetero) is 1. The maximum absolute atomic E-state index is 12.9. The number of carbonyl (C=O) groups excluding carboxylic acids is 1. The molecule has 5 aliphatic carbocycles. The zero-order chi connectivity index (χ0) is 23.3. The fourth-order valence-electron chi connectivity index (χ4n) is 11.1. The summed E-state index contributed by atoms with van der Waals surface area (Å²) in [4.78, 5) is 25.2. The predicted octanol–water partition coefficient (Wildman–Crippen LogP) is 7.73. The fourth-order valence-corrected chi connectivity index (χ4v) is 11.1. The minimum atomic E-state index is -0.350. The van der Waals surface area contributed by atoms with Crippen LogP contribution < -0.4 is 0 Å². The van der Waals surface area contributed by atoms with Crippen LogP contribution in [-0.2, 0) is 4.79 Å². The molecular weight excluding hydrogens is 394 g/mol. The first-order valence-corrected chi connectivity index (χ1v) is 13.4. The Hall–Kier alpha value is -0.990. The van der Waals surface area contributed by atoms with Gasteiger partial charge in [0.1, 0.15) is 11.3 Å². The van der Waals surface area contributed by atoms with Crippen LogP contribution >= 0.6 is 0 Å². The molecule has 0 aliphatic heterocycles. The van der Waals surface area contributed by atoms with Crippen molar-refractivity contribution in [2.45, 2.75) is 111 Å². The predicted molar refractivity (Wildman–Crippen MR) is 130 cm³/mol. The summed E-state index contributed by atoms with van der Waals surface area (Å²) in [5.41, 5.74) is 1.49. The van der Waals surface area contributed by atoms with E-state index in [0.717, 1.165) is 38.5 Å². The zero-order valence-electron chi connectivity index (χ0n) is 21.4. The molecule has 0 aromatic rings. The summed E-state index contributed by atoms with van der Waals surface area (Å²) in [5, 5.41) is 3.90. The molecule has 0 bridgehead atoms. The van der Waals surface area contributed by atoms with Crippen LogP contribution in [0.15, 0.2) is 17.3 Å². The Morgan fingerprint density at radius 2 is 1.59 bits per heavy atom. The van der Waals surface area contributed by atoms with Gasteiger partial charge in [0.25, 0.3) is 0 Å². The van der Waals surface area contributed by atoms with Crippen molar-refractivity contribution in [3.63, 3.8) is 0 Å². The van der Waals surface area contributed by atoms with Crippen molar-refractivity contribution in [2.75, 3.05) is 0 Å². The summed E-state index contributed by atoms with van der Waals surface area (Å²) in [6, 6.07) is 0. The molecular formula is C29H45NO2. The third-order valence-electron chi connectivity index (χ3n) is 13.0. The highest BCUT2D eigenvalue weighted by Gasteiger charge is 2.71. The molecule has 0 N–H and O–H groups in total. The van der Waals surface area contributed by atoms with E-state index >= 15 is 0 Å². The van der Waals surface area contributed by atoms with Gasteiger partial charge in [-0.25, -0.2) is 0 Å². The second kappa shape index (κ2) is 6.79. The lowest BCUT2D eigenvalue weighted by Gasteiger charge is -2.72. The second-order valence-corrected chi connectivity index (χ2v) is 14.0. The van der Waals surface area contributed by atoms with Gasteiger partial charge >= 0.3 is 0 Å². The molecule has 0 spiro atoms. The van der Waals surface area contributed by atoms with Crippen LogP contribution in [0.25, 0.3) is 0 Å². The highest BCUT2D eigenvalue weighted by atomic mass is 16.3. The van der Waals surface area contributed by atoms with Gasteiger partial charge < -0.3 is 0 Å². The van der Waals surface area contributed by atoms with E-state index in [1.54, 1.807) is 0 Å². The van der Waals surface area contributed by atoms with Crippen molar-refractivity contribution in [1.29, 1.82) is 0 Å². The van der Waals surface area contributed by atoms with Crippen molar-refractivity contribution in [3.05, 3.63) is 17.1 Å². The molecule has 3 heteroatoms. The van der Waals surface area contributed by atoms with Crippen LogP contribution in [0.3, 0.4) is 0 Å². The van der Waals surface area contributed by atoms with E-state index in [0.29, 0.717) is 35.4 Å². The summed E-state index contributed by atoms with van der Waals surface area (Å²) < 4.78 is 0. The highest BCUT2D eigenvalue weighted by Crippen LogP contribution is 2.76. The molecule has 5 fully saturated rings. The minimum absolute atomic E-state index is 0.189. The Bertz CT molecular complexity index is 861. The highest BCUT2D eigenvalue weighted by molar-refractivity contribution is 5.85. The zero-order valence-corrected chi connectivity index (χ0v) is 21.4. The third kappa shape index (κ3) is 2.52. The molecule has 0 aromatic heterocycles. The van der Waals surface area contributed by atoms with Crippen molar-refractivity contribution in [2.24, 2.45) is 56.4 Å². The van der Waals surface area contributed by atoms with E-state index in [9.17, 15) is 9.70 Å². The second-order valence-electron chi connectivity index (χ2n) is 14.0. The quantitative estimate of drug-likeness (QED) is 0.326. The third-order valence-corrected chi connectivity index (χ3v) is 13.0. The number of hydrogen-bond acceptors (Lipinski definition) is 3. The van der Waals surface area contributed by atoms with Crippen LogP contribution in [-0.4, -0.2) is 11.3 Å². The van der Waals surface area contributed by atoms with Crippen LogP contribution in [0.2, 0.25) is 0 Å². The van der Waals surface area contributed by atoms with Crippen LogP contribution in [0.4, 0.5) is 0 Å². The Morgan fingerprint density at radius 3 is 2.25 bits per heavy atom. The average molecular weight is 440 g/mol. The molecule has 0 aromatic carbocycles. The molecule has 5 saturated carbocycles. The van der Waals surface area contributed by atoms with Crippen LogP contribution in [0.1, 0.15) is 106 Å². The smallest absolute Gasteiger partial charge is 0.138 e. The molecule has 9 atom stereocenters. The monoisotopic (exact) mass is 439 g/mol. The van der Waals surface area contributed by atoms with Gasteiger partial charge in [0, 0.05) is 11.8 Å². The van der Waals surface area contributed by atoms with Crippen LogP contribution in [0.5, 0.6) is 0 Å². The topological polar surface area (TPSA) is 46.5 Å². The number of carbonyl (C=O) groups is 1. The van der Waals surface area contributed by atoms with Crippen molar-refractivity contribution in [3.8, 4) is 0 Å². The van der Waals surface area contributed by atoms with Gasteiger partial charge in [0.15, 0.2) is 0 Å². The van der Waals surface area contributed by atoms with Crippen molar-refractivity contribution in [1.82, 2.24) is 0 Å². The number of rotatable bonds is 2. The molecule has 5 rings (SSSR count). The van der Waals surface area contributed by atoms with E-state index in [1.807, 2.05) is 0 Å². The molecule has 3 nitrogen and oxygen atoms in total. The molecule has 0 heterocycles. The normalized spacial score (nSPS) is 54.1. The molecule has 5 aliphatic rings. The standard InChI is InChI=1S/C29H45NO2/c1-18(2)19-10-15-29(30-32)17-16-27(6)20(24(19)29)8-9-22-26(5)13-12-23(31)25(3,4)21(26)11-14-28(22,27)7/h19-22,24H,1,8-17H2,2-7H3. The van der Waals surface area contributed by atoms with Gasteiger partial charge in [0.2, 0.25) is 0 Å². The van der Waals surface area contributed by atoms with E-state index in [-0.39, 0.29) is 27.2 Å². The van der Waals surface area contributed by atoms with Crippen LogP contribution in [0, 0.1) is 56.2 Å². The first-order chi connectivity index (χ1) is 14.9. The lowest BCUT2D eigenvalue weighted by atomic mass is 9.33. The SMILES string of the molecule is C=C(C)C1CCC2(N=O)CCC3(C)C(CCC4C5(C)CCC(=O)C(C)(C)C5CCC43C)C12. The summed E-state index contributed by atoms with van der Waals surface area (Å²) >= 11 is 0. The lowest BCUT2D eigenvalue weighted by molar-refractivity contribution is -0.227. The van der Waals surface area contributed by atoms with Gasteiger partial charge in [-0.15, -0.1) is 0 Å². The van der Waals surface area contributed by atoms with Gasteiger partial charge in [-0.1, -0.05) is 51.9 Å². The largest absolute Gasteiger partial charge is 0.299 e. The Kier molecular flexibility index (Phi) is 4.83. The van der Waals surface area contributed by atoms with Crippen molar-refractivity contribution >= 4 is 5.78 Å². The lowest BCUT2D eigenvalue weighted by Crippen LogP contribution is -2.66. The Labute approximate surface area is 195 Å². The van der Waals surface area contributed by atoms with Gasteiger partial charge in [-0.3, -0.25) is 4.79 Å². The van der Waals surface area contributed by atoms with E-state index in [1.165, 1.54) is 31.3 Å². The number of hydrogen-bond donors (Lipinski definition) is 0. The first-order valence-electron chi connectivity index (χ1n) is 13.4. The summed E-state index contributed by atoms with van der Waals surface area (Å²) in [5.74, 6) is 3.06. The number of nitroso groups, excluding NO2 is 1. The Morgan fingerprint density at radius 1 is 0.875 bits per heavy atom. The van der Waals surface area contributed by atoms with E-state index in [4.69, 9.17) is 0 Å². The average Bonchev–Trinajstić information content (AvgIpc) is 3.12. The van der Waals surface area contributed by atoms with E-state index < -0.39 is 0 Å². The van der Waals surface area contributed by atoms with Gasteiger partial charge in [-0.2, -0.15) is 4.91 Å². The van der Waals surface area contributed by atoms with Gasteiger partial charge in [-0.05, 0) is 111 Å². The van der Waals surface area contributed by atoms with Crippen molar-refractivity contribution < 1.29 is 4.79 Å². The van der Waals surface area contributed by atoms with Gasteiger partial charge in [0.05, 0.1) is 0 Å². The summed E-state index contributed by atoms with van der Waals surface area (Å²) in [6.07, 6.45) is 10.9. The number of allylic oxidation sites excluding steroid dienone is 1. The maximum Gasteiger partial charge on any atom is 0.138 e. The molecule has 32 heavy (non-hydrogen) atoms. The van der Waals surface area contributed by atoms with E-state index in [2.05, 4.69) is 53.3 Å². The molecule has 9 unspecified atom stereocenters. The number of nitrogens with zero attached hydrogens (tertiary/aromatic N) is 1. The number of ketones is 1. The Balaban J connectivity index is 1.56. The summed E-state index contributed by atoms with van der Waals surface area (Å²) in [7, 11) is 0. The fraction of sp³-hybridized carbons (Fsp3) is 0.897. The number of fused-ring (bicyclic) bond motifs is 7. The summed E-state index contributed by atoms with van der Waals surface area (Å²) in [6.45, 7) is 18.8. The molecule has 0 amide bonds.